The molecule has 1 aliphatic heterocycles. The molecule has 19 heavy (non-hydrogen) atoms. The molecule has 4 rings (SSSR count). The molecule has 100 valence electrons. The lowest BCUT2D eigenvalue weighted by molar-refractivity contribution is -0.115. The molecule has 2 N–H and O–H groups in total. The van der Waals surface area contributed by atoms with E-state index >= 15 is 0 Å². The molecular formula is C16H20N2O. The summed E-state index contributed by atoms with van der Waals surface area (Å²) in [5.74, 6) is 2.92. The van der Waals surface area contributed by atoms with Crippen LogP contribution in [0.1, 0.15) is 36.4 Å². The van der Waals surface area contributed by atoms with Crippen molar-refractivity contribution in [2.45, 2.75) is 31.7 Å². The molecule has 3 aliphatic rings. The van der Waals surface area contributed by atoms with Gasteiger partial charge in [0.2, 0.25) is 5.91 Å². The Bertz CT molecular complexity index is 530. The van der Waals surface area contributed by atoms with Gasteiger partial charge in [-0.05, 0) is 61.3 Å². The molecule has 1 aromatic rings. The quantitative estimate of drug-likeness (QED) is 0.872. The molecule has 0 radical (unpaired) electrons. The molecule has 3 atom stereocenters. The van der Waals surface area contributed by atoms with E-state index in [1.165, 1.54) is 24.8 Å². The number of nitrogens with one attached hydrogen (secondary N) is 2. The third kappa shape index (κ3) is 1.88. The number of carbonyl (C=O) groups excluding carboxylic acids is 1. The minimum atomic E-state index is 0.121. The van der Waals surface area contributed by atoms with Gasteiger partial charge in [0.1, 0.15) is 0 Å². The van der Waals surface area contributed by atoms with E-state index in [2.05, 4.69) is 35.9 Å². The highest BCUT2D eigenvalue weighted by Crippen LogP contribution is 2.57. The normalized spacial score (nSPS) is 32.7. The van der Waals surface area contributed by atoms with Gasteiger partial charge in [-0.3, -0.25) is 4.79 Å². The molecule has 0 bridgehead atoms. The number of anilines is 1. The van der Waals surface area contributed by atoms with E-state index < -0.39 is 0 Å². The minimum absolute atomic E-state index is 0.121. The van der Waals surface area contributed by atoms with E-state index in [0.717, 1.165) is 29.0 Å². The van der Waals surface area contributed by atoms with E-state index in [1.807, 2.05) is 0 Å². The van der Waals surface area contributed by atoms with Crippen LogP contribution in [0.4, 0.5) is 5.69 Å². The molecule has 2 fully saturated rings. The maximum absolute atomic E-state index is 11.4. The van der Waals surface area contributed by atoms with E-state index in [0.29, 0.717) is 12.5 Å². The number of fused-ring (bicyclic) bond motifs is 2. The van der Waals surface area contributed by atoms with Gasteiger partial charge in [-0.2, -0.15) is 0 Å². The highest BCUT2D eigenvalue weighted by molar-refractivity contribution is 5.99. The van der Waals surface area contributed by atoms with Crippen molar-refractivity contribution in [3.8, 4) is 0 Å². The molecule has 2 saturated carbocycles. The fourth-order valence-corrected chi connectivity index (χ4v) is 4.15. The van der Waals surface area contributed by atoms with Crippen molar-refractivity contribution in [2.24, 2.45) is 17.8 Å². The molecule has 2 aliphatic carbocycles. The van der Waals surface area contributed by atoms with Gasteiger partial charge in [0, 0.05) is 11.7 Å². The van der Waals surface area contributed by atoms with Gasteiger partial charge in [-0.1, -0.05) is 12.1 Å². The summed E-state index contributed by atoms with van der Waals surface area (Å²) in [6.45, 7) is 0. The Morgan fingerprint density at radius 3 is 2.79 bits per heavy atom. The average Bonchev–Trinajstić information content (AvgIpc) is 2.83. The van der Waals surface area contributed by atoms with Gasteiger partial charge < -0.3 is 10.6 Å². The Hall–Kier alpha value is -1.35. The third-order valence-corrected chi connectivity index (χ3v) is 5.18. The Kier molecular flexibility index (Phi) is 2.46. The zero-order valence-corrected chi connectivity index (χ0v) is 11.3. The van der Waals surface area contributed by atoms with Crippen molar-refractivity contribution in [1.82, 2.24) is 5.32 Å². The third-order valence-electron chi connectivity index (χ3n) is 5.18. The molecule has 1 aromatic carbocycles. The lowest BCUT2D eigenvalue weighted by atomic mass is 9.88. The van der Waals surface area contributed by atoms with Crippen LogP contribution in [0.5, 0.6) is 0 Å². The van der Waals surface area contributed by atoms with Crippen molar-refractivity contribution in [1.29, 1.82) is 0 Å². The van der Waals surface area contributed by atoms with Gasteiger partial charge in [-0.15, -0.1) is 0 Å². The predicted molar refractivity (Wildman–Crippen MR) is 74.9 cm³/mol. The van der Waals surface area contributed by atoms with Crippen LogP contribution in [0.3, 0.4) is 0 Å². The smallest absolute Gasteiger partial charge is 0.228 e. The molecule has 1 heterocycles. The van der Waals surface area contributed by atoms with E-state index in [1.54, 1.807) is 0 Å². The number of rotatable bonds is 3. The molecule has 3 heteroatoms. The van der Waals surface area contributed by atoms with Crippen LogP contribution >= 0.6 is 0 Å². The maximum atomic E-state index is 11.4. The maximum Gasteiger partial charge on any atom is 0.228 e. The number of hydrogen-bond acceptors (Lipinski definition) is 2. The first-order valence-corrected chi connectivity index (χ1v) is 7.34. The van der Waals surface area contributed by atoms with Gasteiger partial charge in [0.15, 0.2) is 0 Å². The average molecular weight is 256 g/mol. The fourth-order valence-electron chi connectivity index (χ4n) is 4.15. The fraction of sp³-hybridized carbons (Fsp3) is 0.562. The van der Waals surface area contributed by atoms with Crippen LogP contribution in [0.15, 0.2) is 18.2 Å². The summed E-state index contributed by atoms with van der Waals surface area (Å²) in [6, 6.07) is 6.91. The molecule has 3 unspecified atom stereocenters. The van der Waals surface area contributed by atoms with Crippen molar-refractivity contribution < 1.29 is 4.79 Å². The van der Waals surface area contributed by atoms with E-state index in [4.69, 9.17) is 0 Å². The summed E-state index contributed by atoms with van der Waals surface area (Å²) in [7, 11) is 2.06. The number of carbonyl (C=O) groups is 1. The van der Waals surface area contributed by atoms with E-state index in [9.17, 15) is 4.79 Å². The monoisotopic (exact) mass is 256 g/mol. The molecule has 0 spiro atoms. The van der Waals surface area contributed by atoms with Gasteiger partial charge in [-0.25, -0.2) is 0 Å². The number of hydrogen-bond donors (Lipinski definition) is 2. The topological polar surface area (TPSA) is 41.1 Å². The number of amides is 1. The van der Waals surface area contributed by atoms with Crippen LogP contribution < -0.4 is 10.6 Å². The standard InChI is InChI=1S/C16H20N2O/c1-17-16(13-6-10-5-11(10)7-13)9-2-3-14-12(4-9)8-15(19)18-14/h2-4,10-11,13,16-17H,5-8H2,1H3,(H,18,19). The van der Waals surface area contributed by atoms with Crippen molar-refractivity contribution in [2.75, 3.05) is 12.4 Å². The first-order valence-electron chi connectivity index (χ1n) is 7.34. The van der Waals surface area contributed by atoms with Gasteiger partial charge in [0.05, 0.1) is 6.42 Å². The first kappa shape index (κ1) is 11.5. The summed E-state index contributed by atoms with van der Waals surface area (Å²) >= 11 is 0. The Morgan fingerprint density at radius 1 is 1.26 bits per heavy atom. The summed E-state index contributed by atoms with van der Waals surface area (Å²) in [4.78, 5) is 11.4. The SMILES string of the molecule is CNC(c1ccc2c(c1)CC(=O)N2)C1CC2CC2C1. The molecule has 0 aromatic heterocycles. The van der Waals surface area contributed by atoms with Crippen LogP contribution in [-0.2, 0) is 11.2 Å². The Morgan fingerprint density at radius 2 is 2.05 bits per heavy atom. The van der Waals surface area contributed by atoms with Crippen LogP contribution in [-0.4, -0.2) is 13.0 Å². The second-order valence-electron chi connectivity index (χ2n) is 6.40. The van der Waals surface area contributed by atoms with Crippen molar-refractivity contribution in [3.63, 3.8) is 0 Å². The zero-order valence-electron chi connectivity index (χ0n) is 11.3. The summed E-state index contributed by atoms with van der Waals surface area (Å²) < 4.78 is 0. The molecule has 3 nitrogen and oxygen atoms in total. The molecule has 1 amide bonds. The second kappa shape index (κ2) is 4.07. The first-order chi connectivity index (χ1) is 9.24. The highest BCUT2D eigenvalue weighted by Gasteiger charge is 2.47. The summed E-state index contributed by atoms with van der Waals surface area (Å²) in [5, 5.41) is 6.40. The largest absolute Gasteiger partial charge is 0.326 e. The van der Waals surface area contributed by atoms with E-state index in [-0.39, 0.29) is 5.91 Å². The molecule has 0 saturated heterocycles. The summed E-state index contributed by atoms with van der Waals surface area (Å²) in [6.07, 6.45) is 4.76. The lowest BCUT2D eigenvalue weighted by Crippen LogP contribution is -2.24. The van der Waals surface area contributed by atoms with Crippen LogP contribution in [0.25, 0.3) is 0 Å². The summed E-state index contributed by atoms with van der Waals surface area (Å²) in [5.41, 5.74) is 3.51. The second-order valence-corrected chi connectivity index (χ2v) is 6.40. The van der Waals surface area contributed by atoms with Crippen molar-refractivity contribution >= 4 is 11.6 Å². The van der Waals surface area contributed by atoms with Gasteiger partial charge >= 0.3 is 0 Å². The molecular weight excluding hydrogens is 236 g/mol. The minimum Gasteiger partial charge on any atom is -0.326 e. The zero-order chi connectivity index (χ0) is 13.0. The lowest BCUT2D eigenvalue weighted by Gasteiger charge is -2.25. The predicted octanol–water partition coefficient (Wildman–Crippen LogP) is 2.49. The van der Waals surface area contributed by atoms with Crippen LogP contribution in [0.2, 0.25) is 0 Å². The van der Waals surface area contributed by atoms with Crippen molar-refractivity contribution in [3.05, 3.63) is 29.3 Å². The van der Waals surface area contributed by atoms with Gasteiger partial charge in [0.25, 0.3) is 0 Å². The number of benzene rings is 1. The Labute approximate surface area is 113 Å². The van der Waals surface area contributed by atoms with Crippen LogP contribution in [0, 0.1) is 17.8 Å². The highest BCUT2D eigenvalue weighted by atomic mass is 16.1. The Balaban J connectivity index is 1.60.